The van der Waals surface area contributed by atoms with Gasteiger partial charge in [0.05, 0.1) is 16.4 Å². The first-order valence-electron chi connectivity index (χ1n) is 10.7. The molecule has 0 fully saturated rings. The number of halogens is 1. The molecule has 3 rings (SSSR count). The first-order chi connectivity index (χ1) is 16.4. The highest BCUT2D eigenvalue weighted by molar-refractivity contribution is 14.1. The number of carbonyl (C=O) groups is 2. The number of hydrazone groups is 1. The predicted octanol–water partition coefficient (Wildman–Crippen LogP) is 5.09. The van der Waals surface area contributed by atoms with E-state index in [1.165, 1.54) is 6.21 Å². The molecule has 0 saturated carbocycles. The zero-order chi connectivity index (χ0) is 24.5. The van der Waals surface area contributed by atoms with Crippen LogP contribution in [0.2, 0.25) is 0 Å². The third kappa shape index (κ3) is 7.31. The Hall–Kier alpha value is -3.40. The lowest BCUT2D eigenvalue weighted by atomic mass is 10.1. The van der Waals surface area contributed by atoms with Crippen molar-refractivity contribution in [1.82, 2.24) is 5.43 Å². The molecule has 0 radical (unpaired) electrons. The molecule has 7 nitrogen and oxygen atoms in total. The summed E-state index contributed by atoms with van der Waals surface area (Å²) in [6.07, 6.45) is 1.53. The Balaban J connectivity index is 1.65. The number of amides is 2. The van der Waals surface area contributed by atoms with Crippen molar-refractivity contribution < 1.29 is 19.1 Å². The number of carbonyl (C=O) groups excluding carboxylic acids is 2. The molecule has 0 heterocycles. The molecule has 2 N–H and O–H groups in total. The highest BCUT2D eigenvalue weighted by atomic mass is 127. The number of hydrogen-bond donors (Lipinski definition) is 2. The molecule has 0 atom stereocenters. The van der Waals surface area contributed by atoms with E-state index in [-0.39, 0.29) is 18.4 Å². The molecule has 0 aliphatic heterocycles. The molecule has 0 aromatic heterocycles. The molecular weight excluding hydrogens is 545 g/mol. The average molecular weight is 571 g/mol. The second-order valence-electron chi connectivity index (χ2n) is 7.53. The summed E-state index contributed by atoms with van der Waals surface area (Å²) in [7, 11) is 0. The highest BCUT2D eigenvalue weighted by Crippen LogP contribution is 2.34. The van der Waals surface area contributed by atoms with E-state index in [0.29, 0.717) is 34.9 Å². The molecule has 34 heavy (non-hydrogen) atoms. The summed E-state index contributed by atoms with van der Waals surface area (Å²) < 4.78 is 12.3. The maximum Gasteiger partial charge on any atom is 0.271 e. The van der Waals surface area contributed by atoms with Crippen molar-refractivity contribution in [3.8, 4) is 11.5 Å². The van der Waals surface area contributed by atoms with Gasteiger partial charge in [-0.2, -0.15) is 5.10 Å². The summed E-state index contributed by atoms with van der Waals surface area (Å²) in [6, 6.07) is 18.4. The Morgan fingerprint density at radius 1 is 0.971 bits per heavy atom. The molecular formula is C26H26IN3O4. The van der Waals surface area contributed by atoms with Gasteiger partial charge in [-0.1, -0.05) is 35.4 Å². The highest BCUT2D eigenvalue weighted by Gasteiger charge is 2.14. The molecule has 0 saturated heterocycles. The first-order valence-corrected chi connectivity index (χ1v) is 11.8. The van der Waals surface area contributed by atoms with Gasteiger partial charge in [0.1, 0.15) is 0 Å². The standard InChI is InChI=1S/C26H26IN3O4/c1-4-33-23-14-19(15-28-30-26(32)20-9-5-17(2)6-10-20)13-22(27)25(23)34-16-24(31)29-21-11-7-18(3)8-12-21/h5-15H,4,16H2,1-3H3,(H,29,31)(H,30,32)/b28-15+. The SMILES string of the molecule is CCOc1cc(/C=N/NC(=O)c2ccc(C)cc2)cc(I)c1OCC(=O)Nc1ccc(C)cc1. The fourth-order valence-electron chi connectivity index (χ4n) is 2.97. The molecule has 0 unspecified atom stereocenters. The van der Waals surface area contributed by atoms with Gasteiger partial charge in [0, 0.05) is 11.3 Å². The van der Waals surface area contributed by atoms with E-state index in [0.717, 1.165) is 14.7 Å². The van der Waals surface area contributed by atoms with Crippen molar-refractivity contribution in [3.05, 3.63) is 86.5 Å². The summed E-state index contributed by atoms with van der Waals surface area (Å²) in [6.45, 7) is 6.07. The van der Waals surface area contributed by atoms with Gasteiger partial charge in [0.15, 0.2) is 18.1 Å². The van der Waals surface area contributed by atoms with E-state index in [1.54, 1.807) is 18.2 Å². The fourth-order valence-corrected chi connectivity index (χ4v) is 3.75. The van der Waals surface area contributed by atoms with Crippen LogP contribution in [0.15, 0.2) is 65.8 Å². The minimum atomic E-state index is -0.296. The van der Waals surface area contributed by atoms with Gasteiger partial charge in [-0.05, 0) is 85.3 Å². The fraction of sp³-hybridized carbons (Fsp3) is 0.192. The van der Waals surface area contributed by atoms with Crippen molar-refractivity contribution in [2.24, 2.45) is 5.10 Å². The molecule has 2 amide bonds. The van der Waals surface area contributed by atoms with Crippen LogP contribution in [0.25, 0.3) is 0 Å². The van der Waals surface area contributed by atoms with Crippen LogP contribution in [0.3, 0.4) is 0 Å². The Labute approximate surface area is 212 Å². The molecule has 0 spiro atoms. The summed E-state index contributed by atoms with van der Waals surface area (Å²) >= 11 is 2.12. The maximum absolute atomic E-state index is 12.3. The third-order valence-corrected chi connectivity index (χ3v) is 5.51. The summed E-state index contributed by atoms with van der Waals surface area (Å²) in [5.41, 5.74) is 6.66. The van der Waals surface area contributed by atoms with Gasteiger partial charge in [-0.25, -0.2) is 5.43 Å². The third-order valence-electron chi connectivity index (χ3n) is 4.71. The maximum atomic E-state index is 12.3. The predicted molar refractivity (Wildman–Crippen MR) is 142 cm³/mol. The Morgan fingerprint density at radius 2 is 1.62 bits per heavy atom. The van der Waals surface area contributed by atoms with Crippen molar-refractivity contribution in [3.63, 3.8) is 0 Å². The number of nitrogens with one attached hydrogen (secondary N) is 2. The smallest absolute Gasteiger partial charge is 0.271 e. The van der Waals surface area contributed by atoms with E-state index >= 15 is 0 Å². The van der Waals surface area contributed by atoms with Gasteiger partial charge in [0.25, 0.3) is 11.8 Å². The van der Waals surface area contributed by atoms with E-state index in [1.807, 2.05) is 63.2 Å². The van der Waals surface area contributed by atoms with Crippen LogP contribution in [-0.4, -0.2) is 31.2 Å². The van der Waals surface area contributed by atoms with E-state index in [9.17, 15) is 9.59 Å². The topological polar surface area (TPSA) is 89.0 Å². The lowest BCUT2D eigenvalue weighted by Gasteiger charge is -2.14. The Bertz CT molecular complexity index is 1180. The number of ether oxygens (including phenoxy) is 2. The van der Waals surface area contributed by atoms with Crippen LogP contribution in [0.5, 0.6) is 11.5 Å². The molecule has 0 bridgehead atoms. The van der Waals surface area contributed by atoms with E-state index < -0.39 is 0 Å². The van der Waals surface area contributed by atoms with Gasteiger partial charge >= 0.3 is 0 Å². The van der Waals surface area contributed by atoms with Crippen molar-refractivity contribution in [2.75, 3.05) is 18.5 Å². The quantitative estimate of drug-likeness (QED) is 0.213. The number of anilines is 1. The van der Waals surface area contributed by atoms with Crippen molar-refractivity contribution in [2.45, 2.75) is 20.8 Å². The Kier molecular flexibility index (Phi) is 9.03. The monoisotopic (exact) mass is 571 g/mol. The number of nitrogens with zero attached hydrogens (tertiary/aromatic N) is 1. The van der Waals surface area contributed by atoms with Gasteiger partial charge in [0.2, 0.25) is 0 Å². The lowest BCUT2D eigenvalue weighted by Crippen LogP contribution is -2.20. The molecule has 0 aliphatic rings. The Morgan fingerprint density at radius 3 is 2.26 bits per heavy atom. The van der Waals surface area contributed by atoms with Crippen LogP contribution in [0, 0.1) is 17.4 Å². The average Bonchev–Trinajstić information content (AvgIpc) is 2.80. The van der Waals surface area contributed by atoms with E-state index in [4.69, 9.17) is 9.47 Å². The van der Waals surface area contributed by atoms with Crippen molar-refractivity contribution in [1.29, 1.82) is 0 Å². The second kappa shape index (κ2) is 12.2. The molecule has 3 aromatic carbocycles. The van der Waals surface area contributed by atoms with Crippen LogP contribution in [0.1, 0.15) is 34.0 Å². The van der Waals surface area contributed by atoms with Crippen LogP contribution < -0.4 is 20.2 Å². The number of benzene rings is 3. The molecule has 176 valence electrons. The van der Waals surface area contributed by atoms with Crippen LogP contribution >= 0.6 is 22.6 Å². The van der Waals surface area contributed by atoms with E-state index in [2.05, 4.69) is 38.4 Å². The zero-order valence-electron chi connectivity index (χ0n) is 19.2. The molecule has 3 aromatic rings. The number of rotatable bonds is 9. The summed E-state index contributed by atoms with van der Waals surface area (Å²) in [5, 5.41) is 6.86. The van der Waals surface area contributed by atoms with Gasteiger partial charge in [-0.3, -0.25) is 9.59 Å². The lowest BCUT2D eigenvalue weighted by molar-refractivity contribution is -0.118. The second-order valence-corrected chi connectivity index (χ2v) is 8.69. The van der Waals surface area contributed by atoms with Crippen LogP contribution in [0.4, 0.5) is 5.69 Å². The normalized spacial score (nSPS) is 10.7. The molecule has 8 heteroatoms. The number of aryl methyl sites for hydroxylation is 2. The molecule has 0 aliphatic carbocycles. The minimum Gasteiger partial charge on any atom is -0.490 e. The largest absolute Gasteiger partial charge is 0.490 e. The number of hydrogen-bond acceptors (Lipinski definition) is 5. The summed E-state index contributed by atoms with van der Waals surface area (Å²) in [5.74, 6) is 0.397. The van der Waals surface area contributed by atoms with Gasteiger partial charge < -0.3 is 14.8 Å². The van der Waals surface area contributed by atoms with Crippen molar-refractivity contribution >= 4 is 46.3 Å². The van der Waals surface area contributed by atoms with Gasteiger partial charge in [-0.15, -0.1) is 0 Å². The minimum absolute atomic E-state index is 0.163. The van der Waals surface area contributed by atoms with Crippen LogP contribution in [-0.2, 0) is 4.79 Å². The first kappa shape index (κ1) is 25.2. The zero-order valence-corrected chi connectivity index (χ0v) is 21.4. The summed E-state index contributed by atoms with van der Waals surface area (Å²) in [4.78, 5) is 24.5.